The summed E-state index contributed by atoms with van der Waals surface area (Å²) in [6.45, 7) is 0.221. The first-order valence-corrected chi connectivity index (χ1v) is 9.02. The summed E-state index contributed by atoms with van der Waals surface area (Å²) in [6, 6.07) is 11.0. The Morgan fingerprint density at radius 3 is 2.64 bits per heavy atom. The summed E-state index contributed by atoms with van der Waals surface area (Å²) >= 11 is 0. The molecule has 0 unspecified atom stereocenters. The van der Waals surface area contributed by atoms with Crippen molar-refractivity contribution in [1.29, 1.82) is 0 Å². The predicted molar refractivity (Wildman–Crippen MR) is 92.4 cm³/mol. The molecule has 0 atom stereocenters. The Balaban J connectivity index is 1.96. The first kappa shape index (κ1) is 15.8. The van der Waals surface area contributed by atoms with Crippen LogP contribution in [-0.4, -0.2) is 28.8 Å². The molecule has 0 aliphatic carbocycles. The number of H-pyrrole nitrogens is 1. The van der Waals surface area contributed by atoms with Crippen molar-refractivity contribution < 1.29 is 13.2 Å². The Morgan fingerprint density at radius 2 is 1.92 bits per heavy atom. The van der Waals surface area contributed by atoms with Crippen LogP contribution in [0.1, 0.15) is 21.6 Å². The molecule has 1 aliphatic heterocycles. The van der Waals surface area contributed by atoms with E-state index in [-0.39, 0.29) is 13.1 Å². The van der Waals surface area contributed by atoms with E-state index in [4.69, 9.17) is 10.9 Å². The van der Waals surface area contributed by atoms with E-state index in [0.717, 1.165) is 15.1 Å². The molecule has 8 nitrogen and oxygen atoms in total. The number of carbonyl (C=O) groups is 1. The summed E-state index contributed by atoms with van der Waals surface area (Å²) in [7, 11) is -3.81. The zero-order chi connectivity index (χ0) is 17.8. The van der Waals surface area contributed by atoms with Crippen molar-refractivity contribution >= 4 is 26.9 Å². The van der Waals surface area contributed by atoms with Crippen molar-refractivity contribution in [2.75, 3.05) is 0 Å². The molecule has 0 bridgehead atoms. The van der Waals surface area contributed by atoms with E-state index in [9.17, 15) is 13.2 Å². The van der Waals surface area contributed by atoms with E-state index in [0.29, 0.717) is 28.1 Å². The van der Waals surface area contributed by atoms with Gasteiger partial charge in [-0.3, -0.25) is 9.89 Å². The number of rotatable bonds is 3. The number of aromatic nitrogens is 2. The van der Waals surface area contributed by atoms with Crippen LogP contribution in [0.25, 0.3) is 22.0 Å². The minimum atomic E-state index is -3.81. The van der Waals surface area contributed by atoms with Crippen molar-refractivity contribution in [3.05, 3.63) is 53.2 Å². The minimum Gasteiger partial charge on any atom is -0.366 e. The van der Waals surface area contributed by atoms with Crippen LogP contribution < -0.4 is 10.9 Å². The molecule has 5 N–H and O–H groups in total. The number of primary amides is 1. The molecule has 9 heteroatoms. The molecule has 0 saturated carbocycles. The Morgan fingerprint density at radius 1 is 1.16 bits per heavy atom. The van der Waals surface area contributed by atoms with Gasteiger partial charge in [0, 0.05) is 23.2 Å². The second kappa shape index (κ2) is 5.38. The van der Waals surface area contributed by atoms with Crippen molar-refractivity contribution in [3.8, 4) is 11.3 Å². The van der Waals surface area contributed by atoms with Crippen LogP contribution in [0.2, 0.25) is 0 Å². The average molecular weight is 357 g/mol. The first-order chi connectivity index (χ1) is 11.9. The normalized spacial score (nSPS) is 14.8. The Kier molecular flexibility index (Phi) is 3.39. The SMILES string of the molecule is NC(=O)c1ccc2ccccc2c1-c1n[nH]c2c1CN(S(N)(=O)=O)C2. The lowest BCUT2D eigenvalue weighted by Crippen LogP contribution is -2.32. The van der Waals surface area contributed by atoms with Crippen LogP contribution in [0, 0.1) is 0 Å². The third-order valence-electron chi connectivity index (χ3n) is 4.41. The number of hydrogen-bond acceptors (Lipinski definition) is 4. The smallest absolute Gasteiger partial charge is 0.277 e. The molecule has 0 saturated heterocycles. The third kappa shape index (κ3) is 2.49. The Bertz CT molecular complexity index is 1120. The molecule has 0 spiro atoms. The van der Waals surface area contributed by atoms with Crippen LogP contribution in [-0.2, 0) is 23.3 Å². The van der Waals surface area contributed by atoms with Gasteiger partial charge in [-0.15, -0.1) is 0 Å². The maximum absolute atomic E-state index is 11.9. The summed E-state index contributed by atoms with van der Waals surface area (Å²) in [6.07, 6.45) is 0. The van der Waals surface area contributed by atoms with Gasteiger partial charge in [0.15, 0.2) is 0 Å². The highest BCUT2D eigenvalue weighted by atomic mass is 32.2. The Hall–Kier alpha value is -2.75. The summed E-state index contributed by atoms with van der Waals surface area (Å²) in [5, 5.41) is 14.2. The molecule has 0 fully saturated rings. The fourth-order valence-electron chi connectivity index (χ4n) is 3.23. The van der Waals surface area contributed by atoms with E-state index < -0.39 is 16.1 Å². The molecule has 1 amide bonds. The minimum absolute atomic E-state index is 0.0986. The van der Waals surface area contributed by atoms with E-state index in [2.05, 4.69) is 10.2 Å². The monoisotopic (exact) mass is 357 g/mol. The van der Waals surface area contributed by atoms with Gasteiger partial charge in [-0.05, 0) is 16.8 Å². The predicted octanol–water partition coefficient (Wildman–Crippen LogP) is 0.848. The number of amides is 1. The molecular formula is C16H15N5O3S. The molecule has 25 heavy (non-hydrogen) atoms. The molecule has 4 rings (SSSR count). The van der Waals surface area contributed by atoms with Crippen LogP contribution >= 0.6 is 0 Å². The molecule has 3 aromatic rings. The van der Waals surface area contributed by atoms with E-state index in [1.807, 2.05) is 30.3 Å². The number of carbonyl (C=O) groups excluding carboxylic acids is 1. The van der Waals surface area contributed by atoms with Crippen LogP contribution in [0.5, 0.6) is 0 Å². The van der Waals surface area contributed by atoms with Crippen molar-refractivity contribution in [1.82, 2.24) is 14.5 Å². The van der Waals surface area contributed by atoms with Crippen LogP contribution in [0.15, 0.2) is 36.4 Å². The molecule has 1 aromatic heterocycles. The maximum atomic E-state index is 11.9. The number of hydrogen-bond donors (Lipinski definition) is 3. The lowest BCUT2D eigenvalue weighted by molar-refractivity contribution is 0.100. The summed E-state index contributed by atoms with van der Waals surface area (Å²) in [5.41, 5.74) is 8.36. The fraction of sp³-hybridized carbons (Fsp3) is 0.125. The highest BCUT2D eigenvalue weighted by molar-refractivity contribution is 7.86. The molecule has 128 valence electrons. The molecule has 2 aromatic carbocycles. The highest BCUT2D eigenvalue weighted by Gasteiger charge is 2.32. The highest BCUT2D eigenvalue weighted by Crippen LogP contribution is 2.37. The zero-order valence-corrected chi connectivity index (χ0v) is 13.9. The fourth-order valence-corrected chi connectivity index (χ4v) is 3.85. The van der Waals surface area contributed by atoms with Crippen LogP contribution in [0.3, 0.4) is 0 Å². The Labute approximate surface area is 143 Å². The van der Waals surface area contributed by atoms with Crippen molar-refractivity contribution in [2.24, 2.45) is 10.9 Å². The molecule has 2 heterocycles. The zero-order valence-electron chi connectivity index (χ0n) is 13.1. The van der Waals surface area contributed by atoms with Gasteiger partial charge in [0.05, 0.1) is 17.9 Å². The maximum Gasteiger partial charge on any atom is 0.277 e. The largest absolute Gasteiger partial charge is 0.366 e. The van der Waals surface area contributed by atoms with Gasteiger partial charge in [0.2, 0.25) is 5.91 Å². The molecule has 0 radical (unpaired) electrons. The number of nitrogens with zero attached hydrogens (tertiary/aromatic N) is 2. The average Bonchev–Trinajstić information content (AvgIpc) is 3.14. The summed E-state index contributed by atoms with van der Waals surface area (Å²) in [4.78, 5) is 11.9. The van der Waals surface area contributed by atoms with Gasteiger partial charge in [-0.25, -0.2) is 5.14 Å². The number of aromatic amines is 1. The number of benzene rings is 2. The second-order valence-corrected chi connectivity index (χ2v) is 7.46. The van der Waals surface area contributed by atoms with Gasteiger partial charge in [0.25, 0.3) is 10.2 Å². The topological polar surface area (TPSA) is 135 Å². The van der Waals surface area contributed by atoms with Gasteiger partial charge >= 0.3 is 0 Å². The van der Waals surface area contributed by atoms with Crippen LogP contribution in [0.4, 0.5) is 0 Å². The van der Waals surface area contributed by atoms with Crippen molar-refractivity contribution in [2.45, 2.75) is 13.1 Å². The number of fused-ring (bicyclic) bond motifs is 2. The number of nitrogens with one attached hydrogen (secondary N) is 1. The lowest BCUT2D eigenvalue weighted by Gasteiger charge is -2.13. The van der Waals surface area contributed by atoms with Gasteiger partial charge in [-0.1, -0.05) is 30.3 Å². The van der Waals surface area contributed by atoms with Gasteiger partial charge in [-0.2, -0.15) is 17.8 Å². The summed E-state index contributed by atoms with van der Waals surface area (Å²) < 4.78 is 24.4. The lowest BCUT2D eigenvalue weighted by atomic mass is 9.94. The van der Waals surface area contributed by atoms with E-state index in [1.165, 1.54) is 0 Å². The first-order valence-electron chi connectivity index (χ1n) is 7.52. The number of nitrogens with two attached hydrogens (primary N) is 2. The van der Waals surface area contributed by atoms with E-state index in [1.54, 1.807) is 6.07 Å². The molecule has 1 aliphatic rings. The quantitative estimate of drug-likeness (QED) is 0.640. The van der Waals surface area contributed by atoms with E-state index >= 15 is 0 Å². The second-order valence-electron chi connectivity index (χ2n) is 5.92. The van der Waals surface area contributed by atoms with Gasteiger partial charge in [0.1, 0.15) is 0 Å². The summed E-state index contributed by atoms with van der Waals surface area (Å²) in [5.74, 6) is -0.571. The molecular weight excluding hydrogens is 342 g/mol. The van der Waals surface area contributed by atoms with Gasteiger partial charge < -0.3 is 5.73 Å². The third-order valence-corrected chi connectivity index (χ3v) is 5.39. The van der Waals surface area contributed by atoms with Crippen molar-refractivity contribution in [3.63, 3.8) is 0 Å². The standard InChI is InChI=1S/C16H15N5O3S/c17-16(22)11-6-5-9-3-1-2-4-10(9)14(11)15-12-7-21(25(18,23)24)8-13(12)19-20-15/h1-6H,7-8H2,(H2,17,22)(H,19,20)(H2,18,23,24).